The number of hydrogen-bond acceptors (Lipinski definition) is 4. The summed E-state index contributed by atoms with van der Waals surface area (Å²) in [6.07, 6.45) is 3.55. The van der Waals surface area contributed by atoms with Gasteiger partial charge < -0.3 is 4.42 Å². The van der Waals surface area contributed by atoms with E-state index in [1.807, 2.05) is 37.3 Å². The zero-order valence-corrected chi connectivity index (χ0v) is 17.8. The average Bonchev–Trinajstić information content (AvgIpc) is 3.21. The first-order valence-electron chi connectivity index (χ1n) is 9.84. The van der Waals surface area contributed by atoms with Crippen molar-refractivity contribution in [3.05, 3.63) is 59.6 Å². The highest BCUT2D eigenvalue weighted by Crippen LogP contribution is 2.36. The Bertz CT molecular complexity index is 1080. The molecular formula is C22H23ClN2O3S. The van der Waals surface area contributed by atoms with E-state index in [4.69, 9.17) is 16.0 Å². The first-order chi connectivity index (χ1) is 14.0. The predicted octanol–water partition coefficient (Wildman–Crippen LogP) is 5.62. The van der Waals surface area contributed by atoms with Crippen molar-refractivity contribution in [2.24, 2.45) is 0 Å². The normalized spacial score (nSPS) is 18.1. The second-order valence-corrected chi connectivity index (χ2v) is 9.44. The van der Waals surface area contributed by atoms with Gasteiger partial charge in [0, 0.05) is 28.7 Å². The van der Waals surface area contributed by atoms with Crippen LogP contribution < -0.4 is 0 Å². The topological polar surface area (TPSA) is 63.4 Å². The predicted molar refractivity (Wildman–Crippen MR) is 114 cm³/mol. The van der Waals surface area contributed by atoms with Crippen molar-refractivity contribution in [1.82, 2.24) is 9.29 Å². The van der Waals surface area contributed by atoms with E-state index in [-0.39, 0.29) is 16.8 Å². The van der Waals surface area contributed by atoms with E-state index in [0.717, 1.165) is 31.2 Å². The Morgan fingerprint density at radius 2 is 1.79 bits per heavy atom. The number of halogens is 1. The van der Waals surface area contributed by atoms with E-state index in [2.05, 4.69) is 4.98 Å². The van der Waals surface area contributed by atoms with Crippen molar-refractivity contribution >= 4 is 21.6 Å². The molecule has 7 heteroatoms. The van der Waals surface area contributed by atoms with Gasteiger partial charge in [-0.3, -0.25) is 0 Å². The third-order valence-corrected chi connectivity index (χ3v) is 7.44. The third kappa shape index (κ3) is 3.97. The Morgan fingerprint density at radius 1 is 1.07 bits per heavy atom. The van der Waals surface area contributed by atoms with Gasteiger partial charge in [0.25, 0.3) is 10.0 Å². The summed E-state index contributed by atoms with van der Waals surface area (Å²) in [6, 6.07) is 16.3. The molecule has 0 aliphatic carbocycles. The van der Waals surface area contributed by atoms with Crippen molar-refractivity contribution in [2.75, 3.05) is 6.54 Å². The number of nitrogens with zero attached hydrogens (tertiary/aromatic N) is 2. The molecule has 1 atom stereocenters. The molecule has 1 aliphatic rings. The summed E-state index contributed by atoms with van der Waals surface area (Å²) in [4.78, 5) is 4.47. The zero-order valence-electron chi connectivity index (χ0n) is 16.2. The fourth-order valence-electron chi connectivity index (χ4n) is 3.78. The highest BCUT2D eigenvalue weighted by atomic mass is 35.5. The standard InChI is InChI=1S/C22H23ClN2O3S/c1-2-19-10-6-7-15-25(19)29(26,27)22-20(16-11-13-18(23)14-12-16)28-21(24-22)17-8-4-3-5-9-17/h3-5,8-9,11-14,19H,2,6-7,10,15H2,1H3/t19-/m0/s1. The first kappa shape index (κ1) is 20.1. The summed E-state index contributed by atoms with van der Waals surface area (Å²) in [6.45, 7) is 2.53. The molecule has 0 bridgehead atoms. The second-order valence-electron chi connectivity index (χ2n) is 7.20. The van der Waals surface area contributed by atoms with E-state index in [9.17, 15) is 8.42 Å². The van der Waals surface area contributed by atoms with E-state index in [1.165, 1.54) is 0 Å². The lowest BCUT2D eigenvalue weighted by Gasteiger charge is -2.33. The zero-order chi connectivity index (χ0) is 20.4. The van der Waals surface area contributed by atoms with Crippen LogP contribution in [-0.4, -0.2) is 30.3 Å². The quantitative estimate of drug-likeness (QED) is 0.527. The lowest BCUT2D eigenvalue weighted by atomic mass is 10.0. The minimum Gasteiger partial charge on any atom is -0.435 e. The van der Waals surface area contributed by atoms with Crippen LogP contribution in [0.3, 0.4) is 0 Å². The summed E-state index contributed by atoms with van der Waals surface area (Å²) in [7, 11) is -3.80. The molecule has 5 nitrogen and oxygen atoms in total. The molecule has 0 amide bonds. The van der Waals surface area contributed by atoms with Crippen molar-refractivity contribution in [2.45, 2.75) is 43.7 Å². The molecular weight excluding hydrogens is 408 g/mol. The molecule has 3 aromatic rings. The monoisotopic (exact) mass is 430 g/mol. The van der Waals surface area contributed by atoms with Gasteiger partial charge in [-0.1, -0.05) is 43.1 Å². The number of hydrogen-bond donors (Lipinski definition) is 0. The van der Waals surface area contributed by atoms with E-state index in [0.29, 0.717) is 23.0 Å². The molecule has 0 spiro atoms. The smallest absolute Gasteiger partial charge is 0.264 e. The summed E-state index contributed by atoms with van der Waals surface area (Å²) < 4.78 is 34.9. The van der Waals surface area contributed by atoms with Gasteiger partial charge >= 0.3 is 0 Å². The Kier molecular flexibility index (Phi) is 5.76. The molecule has 0 radical (unpaired) electrons. The van der Waals surface area contributed by atoms with Crippen LogP contribution in [0.2, 0.25) is 5.02 Å². The van der Waals surface area contributed by atoms with Crippen LogP contribution >= 0.6 is 11.6 Å². The maximum Gasteiger partial charge on any atom is 0.264 e. The van der Waals surface area contributed by atoms with Crippen LogP contribution in [-0.2, 0) is 10.0 Å². The number of benzene rings is 2. The fraction of sp³-hybridized carbons (Fsp3) is 0.318. The molecule has 0 unspecified atom stereocenters. The van der Waals surface area contributed by atoms with Crippen molar-refractivity contribution in [1.29, 1.82) is 0 Å². The molecule has 29 heavy (non-hydrogen) atoms. The molecule has 1 fully saturated rings. The van der Waals surface area contributed by atoms with Gasteiger partial charge in [-0.05, 0) is 55.7 Å². The van der Waals surface area contributed by atoms with Crippen molar-refractivity contribution in [3.63, 3.8) is 0 Å². The summed E-state index contributed by atoms with van der Waals surface area (Å²) >= 11 is 6.02. The molecule has 0 N–H and O–H groups in total. The van der Waals surface area contributed by atoms with Crippen molar-refractivity contribution in [3.8, 4) is 22.8 Å². The van der Waals surface area contributed by atoms with Gasteiger partial charge in [0.05, 0.1) is 0 Å². The molecule has 1 aliphatic heterocycles. The van der Waals surface area contributed by atoms with Gasteiger partial charge in [-0.2, -0.15) is 9.29 Å². The van der Waals surface area contributed by atoms with Crippen molar-refractivity contribution < 1.29 is 12.8 Å². The van der Waals surface area contributed by atoms with E-state index < -0.39 is 10.0 Å². The van der Waals surface area contributed by atoms with E-state index >= 15 is 0 Å². The molecule has 1 saturated heterocycles. The van der Waals surface area contributed by atoms with Gasteiger partial charge in [0.2, 0.25) is 10.9 Å². The van der Waals surface area contributed by atoms with Crippen LogP contribution in [0.5, 0.6) is 0 Å². The SMILES string of the molecule is CC[C@H]1CCCCN1S(=O)(=O)c1nc(-c2ccccc2)oc1-c1ccc(Cl)cc1. The highest BCUT2D eigenvalue weighted by Gasteiger charge is 2.37. The molecule has 1 aromatic heterocycles. The number of rotatable bonds is 5. The molecule has 0 saturated carbocycles. The second kappa shape index (κ2) is 8.30. The van der Waals surface area contributed by atoms with Crippen LogP contribution in [0.4, 0.5) is 0 Å². The Hall–Kier alpha value is -2.15. The first-order valence-corrected chi connectivity index (χ1v) is 11.7. The van der Waals surface area contributed by atoms with Gasteiger partial charge in [-0.15, -0.1) is 0 Å². The van der Waals surface area contributed by atoms with Gasteiger partial charge in [-0.25, -0.2) is 8.42 Å². The minimum absolute atomic E-state index is 0.0105. The van der Waals surface area contributed by atoms with Crippen LogP contribution in [0.15, 0.2) is 64.0 Å². The Balaban J connectivity index is 1.86. The molecule has 2 aromatic carbocycles. The summed E-state index contributed by atoms with van der Waals surface area (Å²) in [5, 5.41) is 0.544. The highest BCUT2D eigenvalue weighted by molar-refractivity contribution is 7.89. The van der Waals surface area contributed by atoms with Gasteiger partial charge in [0.15, 0.2) is 5.76 Å². The summed E-state index contributed by atoms with van der Waals surface area (Å²) in [5.74, 6) is 0.542. The third-order valence-electron chi connectivity index (χ3n) is 5.32. The molecule has 4 rings (SSSR count). The number of sulfonamides is 1. The molecule has 152 valence electrons. The lowest BCUT2D eigenvalue weighted by Crippen LogP contribution is -2.43. The minimum atomic E-state index is -3.80. The summed E-state index contributed by atoms with van der Waals surface area (Å²) in [5.41, 5.74) is 1.36. The Labute approximate surface area is 176 Å². The van der Waals surface area contributed by atoms with Crippen LogP contribution in [0.1, 0.15) is 32.6 Å². The molecule has 2 heterocycles. The average molecular weight is 431 g/mol. The van der Waals surface area contributed by atoms with Crippen LogP contribution in [0, 0.1) is 0 Å². The largest absolute Gasteiger partial charge is 0.435 e. The number of oxazole rings is 1. The van der Waals surface area contributed by atoms with E-state index in [1.54, 1.807) is 28.6 Å². The van der Waals surface area contributed by atoms with Crippen LogP contribution in [0.25, 0.3) is 22.8 Å². The fourth-order valence-corrected chi connectivity index (χ4v) is 5.73. The Morgan fingerprint density at radius 3 is 2.48 bits per heavy atom. The number of piperidine rings is 1. The lowest BCUT2D eigenvalue weighted by molar-refractivity contribution is 0.246. The van der Waals surface area contributed by atoms with Gasteiger partial charge in [0.1, 0.15) is 0 Å². The maximum atomic E-state index is 13.6. The maximum absolute atomic E-state index is 13.6. The number of aromatic nitrogens is 1.